The second-order valence-corrected chi connectivity index (χ2v) is 5.85. The van der Waals surface area contributed by atoms with Gasteiger partial charge in [-0.1, -0.05) is 0 Å². The summed E-state index contributed by atoms with van der Waals surface area (Å²) in [5.74, 6) is 1.58. The summed E-state index contributed by atoms with van der Waals surface area (Å²) in [5.41, 5.74) is -0.490. The van der Waals surface area contributed by atoms with Gasteiger partial charge in [0, 0.05) is 37.1 Å². The van der Waals surface area contributed by atoms with Crippen LogP contribution in [0.5, 0.6) is 0 Å². The Kier molecular flexibility index (Phi) is 4.38. The molecule has 24 heavy (non-hydrogen) atoms. The number of halogens is 3. The maximum absolute atomic E-state index is 12.6. The standard InChI is InChI=1S/C16H17F3N4O/c1-2-23-15(10-3-6-12(24)7-4-10)21-14(22-23)11-5-8-13(20-9-11)16(17,18)19/h5,8-10H,2-4,6-7H2,1H3. The van der Waals surface area contributed by atoms with E-state index in [9.17, 15) is 18.0 Å². The zero-order chi connectivity index (χ0) is 17.3. The Morgan fingerprint density at radius 1 is 1.25 bits per heavy atom. The molecule has 2 heterocycles. The number of alkyl halides is 3. The van der Waals surface area contributed by atoms with E-state index in [0.717, 1.165) is 30.9 Å². The average Bonchev–Trinajstić information content (AvgIpc) is 2.99. The molecule has 0 saturated heterocycles. The van der Waals surface area contributed by atoms with Crippen LogP contribution < -0.4 is 0 Å². The van der Waals surface area contributed by atoms with Crippen molar-refractivity contribution in [3.8, 4) is 11.4 Å². The van der Waals surface area contributed by atoms with Crippen molar-refractivity contribution in [1.82, 2.24) is 19.7 Å². The van der Waals surface area contributed by atoms with E-state index in [1.165, 1.54) is 6.07 Å². The molecule has 0 N–H and O–H groups in total. The van der Waals surface area contributed by atoms with E-state index in [4.69, 9.17) is 0 Å². The Bertz CT molecular complexity index is 727. The fourth-order valence-corrected chi connectivity index (χ4v) is 2.90. The predicted octanol–water partition coefficient (Wildman–Crippen LogP) is 3.61. The molecule has 8 heteroatoms. The SMILES string of the molecule is CCn1nc(-c2ccc(C(F)(F)F)nc2)nc1C1CCC(=O)CC1. The highest BCUT2D eigenvalue weighted by Crippen LogP contribution is 2.32. The van der Waals surface area contributed by atoms with Crippen molar-refractivity contribution in [3.05, 3.63) is 29.8 Å². The summed E-state index contributed by atoms with van der Waals surface area (Å²) >= 11 is 0. The minimum Gasteiger partial charge on any atom is -0.300 e. The van der Waals surface area contributed by atoms with Gasteiger partial charge in [0.1, 0.15) is 17.3 Å². The number of hydrogen-bond acceptors (Lipinski definition) is 4. The molecule has 0 radical (unpaired) electrons. The van der Waals surface area contributed by atoms with Crippen molar-refractivity contribution in [3.63, 3.8) is 0 Å². The number of hydrogen-bond donors (Lipinski definition) is 0. The highest BCUT2D eigenvalue weighted by Gasteiger charge is 2.32. The molecule has 0 aliphatic heterocycles. The van der Waals surface area contributed by atoms with Crippen LogP contribution in [0.2, 0.25) is 0 Å². The van der Waals surface area contributed by atoms with Gasteiger partial charge in [-0.25, -0.2) is 9.67 Å². The second-order valence-electron chi connectivity index (χ2n) is 5.85. The van der Waals surface area contributed by atoms with Crippen LogP contribution in [0.25, 0.3) is 11.4 Å². The van der Waals surface area contributed by atoms with Crippen molar-refractivity contribution in [2.75, 3.05) is 0 Å². The molecule has 0 spiro atoms. The summed E-state index contributed by atoms with van der Waals surface area (Å²) in [6.07, 6.45) is -0.762. The lowest BCUT2D eigenvalue weighted by Gasteiger charge is -2.20. The zero-order valence-electron chi connectivity index (χ0n) is 13.2. The Morgan fingerprint density at radius 2 is 1.96 bits per heavy atom. The van der Waals surface area contributed by atoms with Crippen molar-refractivity contribution in [2.45, 2.75) is 51.2 Å². The van der Waals surface area contributed by atoms with Gasteiger partial charge < -0.3 is 0 Å². The Hall–Kier alpha value is -2.25. The van der Waals surface area contributed by atoms with Crippen LogP contribution in [0.3, 0.4) is 0 Å². The van der Waals surface area contributed by atoms with E-state index in [1.807, 2.05) is 6.92 Å². The second kappa shape index (κ2) is 6.33. The van der Waals surface area contributed by atoms with E-state index in [2.05, 4.69) is 15.1 Å². The number of Topliss-reactive ketones (excluding diaryl/α,β-unsaturated/α-hetero) is 1. The third-order valence-corrected chi connectivity index (χ3v) is 4.22. The topological polar surface area (TPSA) is 60.7 Å². The van der Waals surface area contributed by atoms with Gasteiger partial charge >= 0.3 is 6.18 Å². The molecular formula is C16H17F3N4O. The molecule has 2 aromatic heterocycles. The summed E-state index contributed by atoms with van der Waals surface area (Å²) in [6, 6.07) is 2.26. The summed E-state index contributed by atoms with van der Waals surface area (Å²) in [7, 11) is 0. The first-order chi connectivity index (χ1) is 11.4. The van der Waals surface area contributed by atoms with Crippen LogP contribution >= 0.6 is 0 Å². The van der Waals surface area contributed by atoms with E-state index < -0.39 is 11.9 Å². The number of nitrogens with zero attached hydrogens (tertiary/aromatic N) is 4. The molecule has 1 aliphatic carbocycles. The minimum atomic E-state index is -4.46. The minimum absolute atomic E-state index is 0.159. The molecule has 0 bridgehead atoms. The molecule has 1 saturated carbocycles. The zero-order valence-corrected chi connectivity index (χ0v) is 13.2. The summed E-state index contributed by atoms with van der Waals surface area (Å²) in [6.45, 7) is 2.54. The van der Waals surface area contributed by atoms with Gasteiger partial charge in [-0.15, -0.1) is 0 Å². The fraction of sp³-hybridized carbons (Fsp3) is 0.500. The molecule has 0 amide bonds. The lowest BCUT2D eigenvalue weighted by atomic mass is 9.88. The molecule has 5 nitrogen and oxygen atoms in total. The molecular weight excluding hydrogens is 321 g/mol. The number of pyridine rings is 1. The lowest BCUT2D eigenvalue weighted by Crippen LogP contribution is -2.16. The van der Waals surface area contributed by atoms with E-state index in [-0.39, 0.29) is 11.7 Å². The van der Waals surface area contributed by atoms with Gasteiger partial charge in [0.05, 0.1) is 0 Å². The van der Waals surface area contributed by atoms with Crippen LogP contribution in [0, 0.1) is 0 Å². The first-order valence-corrected chi connectivity index (χ1v) is 7.88. The molecule has 3 rings (SSSR count). The summed E-state index contributed by atoms with van der Waals surface area (Å²) in [5, 5.41) is 4.38. The maximum atomic E-state index is 12.6. The molecule has 0 aromatic carbocycles. The summed E-state index contributed by atoms with van der Waals surface area (Å²) in [4.78, 5) is 19.4. The van der Waals surface area contributed by atoms with Crippen LogP contribution in [0.4, 0.5) is 13.2 Å². The van der Waals surface area contributed by atoms with Gasteiger partial charge in [-0.3, -0.25) is 9.78 Å². The third-order valence-electron chi connectivity index (χ3n) is 4.22. The largest absolute Gasteiger partial charge is 0.433 e. The smallest absolute Gasteiger partial charge is 0.300 e. The van der Waals surface area contributed by atoms with Gasteiger partial charge in [-0.2, -0.15) is 18.3 Å². The molecule has 128 valence electrons. The number of ketones is 1. The van der Waals surface area contributed by atoms with Crippen LogP contribution in [0.15, 0.2) is 18.3 Å². The molecule has 2 aromatic rings. The van der Waals surface area contributed by atoms with Gasteiger partial charge in [0.2, 0.25) is 0 Å². The Morgan fingerprint density at radius 3 is 2.50 bits per heavy atom. The fourth-order valence-electron chi connectivity index (χ4n) is 2.90. The van der Waals surface area contributed by atoms with E-state index in [0.29, 0.717) is 30.8 Å². The number of aromatic nitrogens is 4. The van der Waals surface area contributed by atoms with Crippen LogP contribution in [0.1, 0.15) is 50.0 Å². The highest BCUT2D eigenvalue weighted by molar-refractivity contribution is 5.79. The summed E-state index contributed by atoms with van der Waals surface area (Å²) < 4.78 is 39.5. The van der Waals surface area contributed by atoms with Gasteiger partial charge in [0.25, 0.3) is 0 Å². The third kappa shape index (κ3) is 3.32. The van der Waals surface area contributed by atoms with E-state index >= 15 is 0 Å². The predicted molar refractivity (Wildman–Crippen MR) is 80.1 cm³/mol. The molecule has 0 unspecified atom stereocenters. The van der Waals surface area contributed by atoms with Gasteiger partial charge in [0.15, 0.2) is 5.82 Å². The van der Waals surface area contributed by atoms with Gasteiger partial charge in [-0.05, 0) is 31.9 Å². The highest BCUT2D eigenvalue weighted by atomic mass is 19.4. The first-order valence-electron chi connectivity index (χ1n) is 7.88. The van der Waals surface area contributed by atoms with E-state index in [1.54, 1.807) is 4.68 Å². The lowest BCUT2D eigenvalue weighted by molar-refractivity contribution is -0.141. The monoisotopic (exact) mass is 338 g/mol. The Labute approximate surface area is 136 Å². The van der Waals surface area contributed by atoms with Crippen molar-refractivity contribution in [1.29, 1.82) is 0 Å². The normalized spacial score (nSPS) is 16.6. The maximum Gasteiger partial charge on any atom is 0.433 e. The van der Waals surface area contributed by atoms with Crippen molar-refractivity contribution >= 4 is 5.78 Å². The number of carbonyl (C=O) groups is 1. The first kappa shape index (κ1) is 16.6. The van der Waals surface area contributed by atoms with Crippen molar-refractivity contribution in [2.24, 2.45) is 0 Å². The molecule has 1 fully saturated rings. The number of carbonyl (C=O) groups excluding carboxylic acids is 1. The number of aryl methyl sites for hydroxylation is 1. The van der Waals surface area contributed by atoms with Crippen LogP contribution in [-0.2, 0) is 17.5 Å². The average molecular weight is 338 g/mol. The quantitative estimate of drug-likeness (QED) is 0.858. The molecule has 1 aliphatic rings. The number of rotatable bonds is 3. The van der Waals surface area contributed by atoms with Crippen LogP contribution in [-0.4, -0.2) is 25.5 Å². The Balaban J connectivity index is 1.88. The molecule has 0 atom stereocenters. The van der Waals surface area contributed by atoms with Crippen molar-refractivity contribution < 1.29 is 18.0 Å².